The molecule has 1 heterocycles. The largest absolute Gasteiger partial charge is 0.342 e. The van der Waals surface area contributed by atoms with Crippen molar-refractivity contribution in [2.75, 3.05) is 26.7 Å². The number of carbonyl (C=O) groups excluding carboxylic acids is 1. The van der Waals surface area contributed by atoms with Crippen molar-refractivity contribution in [3.63, 3.8) is 0 Å². The van der Waals surface area contributed by atoms with Gasteiger partial charge in [-0.3, -0.25) is 4.79 Å². The average Bonchev–Trinajstić information content (AvgIpc) is 3.12. The quantitative estimate of drug-likeness (QED) is 0.911. The summed E-state index contributed by atoms with van der Waals surface area (Å²) >= 11 is 0. The van der Waals surface area contributed by atoms with Gasteiger partial charge >= 0.3 is 0 Å². The summed E-state index contributed by atoms with van der Waals surface area (Å²) in [5.74, 6) is 0.408. The maximum absolute atomic E-state index is 14.0. The van der Waals surface area contributed by atoms with Gasteiger partial charge in [-0.1, -0.05) is 18.2 Å². The highest BCUT2D eigenvalue weighted by Gasteiger charge is 2.54. The highest BCUT2D eigenvalue weighted by molar-refractivity contribution is 5.91. The van der Waals surface area contributed by atoms with Gasteiger partial charge in [0.05, 0.1) is 5.41 Å². The van der Waals surface area contributed by atoms with Gasteiger partial charge in [-0.2, -0.15) is 0 Å². The lowest BCUT2D eigenvalue weighted by Gasteiger charge is -2.24. The summed E-state index contributed by atoms with van der Waals surface area (Å²) in [6.07, 6.45) is 2.60. The second-order valence-corrected chi connectivity index (χ2v) is 6.03. The molecule has 3 rings (SSSR count). The molecule has 2 fully saturated rings. The van der Waals surface area contributed by atoms with Crippen LogP contribution in [0.5, 0.6) is 0 Å². The van der Waals surface area contributed by atoms with Crippen LogP contribution in [0.3, 0.4) is 0 Å². The zero-order valence-corrected chi connectivity index (χ0v) is 11.9. The molecule has 0 unspecified atom stereocenters. The number of nitrogens with one attached hydrogen (secondary N) is 1. The molecule has 1 saturated heterocycles. The number of amides is 1. The van der Waals surface area contributed by atoms with Crippen LogP contribution in [0.25, 0.3) is 0 Å². The van der Waals surface area contributed by atoms with E-state index in [9.17, 15) is 9.18 Å². The first-order valence-electron chi connectivity index (χ1n) is 7.36. The number of likely N-dealkylation sites (tertiary alicyclic amines) is 1. The zero-order chi connectivity index (χ0) is 14.2. The van der Waals surface area contributed by atoms with Crippen molar-refractivity contribution < 1.29 is 9.18 Å². The third kappa shape index (κ3) is 2.22. The molecule has 1 aromatic carbocycles. The van der Waals surface area contributed by atoms with E-state index in [-0.39, 0.29) is 11.7 Å². The highest BCUT2D eigenvalue weighted by atomic mass is 19.1. The monoisotopic (exact) mass is 276 g/mol. The van der Waals surface area contributed by atoms with Crippen LogP contribution in [0.1, 0.15) is 24.8 Å². The van der Waals surface area contributed by atoms with Gasteiger partial charge in [0, 0.05) is 18.7 Å². The lowest BCUT2D eigenvalue weighted by Crippen LogP contribution is -2.38. The Morgan fingerprint density at radius 2 is 2.20 bits per heavy atom. The van der Waals surface area contributed by atoms with Crippen LogP contribution in [0.2, 0.25) is 0 Å². The van der Waals surface area contributed by atoms with E-state index in [4.69, 9.17) is 0 Å². The third-order valence-corrected chi connectivity index (χ3v) is 4.61. The summed E-state index contributed by atoms with van der Waals surface area (Å²) in [5, 5.41) is 3.17. The second-order valence-electron chi connectivity index (χ2n) is 6.03. The van der Waals surface area contributed by atoms with Crippen LogP contribution in [0.15, 0.2) is 24.3 Å². The van der Waals surface area contributed by atoms with Crippen molar-refractivity contribution in [3.8, 4) is 0 Å². The Morgan fingerprint density at radius 3 is 2.85 bits per heavy atom. The van der Waals surface area contributed by atoms with Crippen molar-refractivity contribution in [1.29, 1.82) is 0 Å². The third-order valence-electron chi connectivity index (χ3n) is 4.61. The molecule has 1 atom stereocenters. The SMILES string of the molecule is CNC[C@@H]1CCN(C(=O)C2(c3ccccc3F)CC2)C1. The Hall–Kier alpha value is -1.42. The van der Waals surface area contributed by atoms with Crippen LogP contribution in [-0.4, -0.2) is 37.5 Å². The van der Waals surface area contributed by atoms with Crippen molar-refractivity contribution >= 4 is 5.91 Å². The molecule has 0 spiro atoms. The predicted molar refractivity (Wildman–Crippen MR) is 75.9 cm³/mol. The molecule has 20 heavy (non-hydrogen) atoms. The highest BCUT2D eigenvalue weighted by Crippen LogP contribution is 2.50. The van der Waals surface area contributed by atoms with Gasteiger partial charge in [0.25, 0.3) is 0 Å². The first-order chi connectivity index (χ1) is 9.67. The van der Waals surface area contributed by atoms with Gasteiger partial charge in [-0.05, 0) is 44.8 Å². The molecule has 1 aliphatic heterocycles. The van der Waals surface area contributed by atoms with Crippen LogP contribution in [0.4, 0.5) is 4.39 Å². The summed E-state index contributed by atoms with van der Waals surface area (Å²) < 4.78 is 14.0. The average molecular weight is 276 g/mol. The van der Waals surface area contributed by atoms with Gasteiger partial charge in [0.1, 0.15) is 5.82 Å². The van der Waals surface area contributed by atoms with E-state index >= 15 is 0 Å². The molecule has 108 valence electrons. The standard InChI is InChI=1S/C16H21FN2O/c1-18-10-12-6-9-19(11-12)15(20)16(7-8-16)13-4-2-3-5-14(13)17/h2-5,12,18H,6-11H2,1H3/t12-/m0/s1. The maximum atomic E-state index is 14.0. The van der Waals surface area contributed by atoms with Gasteiger partial charge in [0.15, 0.2) is 0 Å². The number of rotatable bonds is 4. The zero-order valence-electron chi connectivity index (χ0n) is 11.9. The van der Waals surface area contributed by atoms with Crippen molar-refractivity contribution in [2.45, 2.75) is 24.7 Å². The Bertz CT molecular complexity index is 513. The topological polar surface area (TPSA) is 32.3 Å². The first-order valence-corrected chi connectivity index (χ1v) is 7.36. The molecule has 2 aliphatic rings. The molecule has 0 bridgehead atoms. The number of halogens is 1. The Morgan fingerprint density at radius 1 is 1.45 bits per heavy atom. The van der Waals surface area contributed by atoms with E-state index in [2.05, 4.69) is 5.32 Å². The fourth-order valence-electron chi connectivity index (χ4n) is 3.35. The van der Waals surface area contributed by atoms with Gasteiger partial charge in [0.2, 0.25) is 5.91 Å². The van der Waals surface area contributed by atoms with E-state index in [1.807, 2.05) is 18.0 Å². The van der Waals surface area contributed by atoms with Crippen LogP contribution >= 0.6 is 0 Å². The molecule has 3 nitrogen and oxygen atoms in total. The van der Waals surface area contributed by atoms with Crippen LogP contribution in [-0.2, 0) is 10.2 Å². The van der Waals surface area contributed by atoms with E-state index in [0.717, 1.165) is 38.9 Å². The smallest absolute Gasteiger partial charge is 0.233 e. The summed E-state index contributed by atoms with van der Waals surface area (Å²) in [7, 11) is 1.94. The van der Waals surface area contributed by atoms with E-state index in [1.54, 1.807) is 12.1 Å². The van der Waals surface area contributed by atoms with Gasteiger partial charge in [-0.25, -0.2) is 4.39 Å². The van der Waals surface area contributed by atoms with Crippen molar-refractivity contribution in [1.82, 2.24) is 10.2 Å². The molecule has 1 amide bonds. The molecular formula is C16H21FN2O. The molecule has 0 radical (unpaired) electrons. The Labute approximate surface area is 119 Å². The number of hydrogen-bond donors (Lipinski definition) is 1. The minimum absolute atomic E-state index is 0.126. The van der Waals surface area contributed by atoms with Gasteiger partial charge < -0.3 is 10.2 Å². The lowest BCUT2D eigenvalue weighted by molar-refractivity contribution is -0.133. The molecule has 1 aliphatic carbocycles. The van der Waals surface area contributed by atoms with Crippen molar-refractivity contribution in [2.24, 2.45) is 5.92 Å². The first kappa shape index (κ1) is 13.6. The maximum Gasteiger partial charge on any atom is 0.233 e. The molecule has 4 heteroatoms. The van der Waals surface area contributed by atoms with E-state index < -0.39 is 5.41 Å². The van der Waals surface area contributed by atoms with E-state index in [1.165, 1.54) is 6.07 Å². The molecule has 0 aromatic heterocycles. The summed E-state index contributed by atoms with van der Waals surface area (Å²) in [5.41, 5.74) is 0.0157. The Balaban J connectivity index is 1.76. The normalized spacial score (nSPS) is 23.9. The van der Waals surface area contributed by atoms with Crippen LogP contribution < -0.4 is 5.32 Å². The Kier molecular flexibility index (Phi) is 3.50. The number of carbonyl (C=O) groups is 1. The number of nitrogens with zero attached hydrogens (tertiary/aromatic N) is 1. The minimum atomic E-state index is -0.570. The molecule has 1 aromatic rings. The fourth-order valence-corrected chi connectivity index (χ4v) is 3.35. The summed E-state index contributed by atoms with van der Waals surface area (Å²) in [6.45, 7) is 2.55. The fraction of sp³-hybridized carbons (Fsp3) is 0.562. The van der Waals surface area contributed by atoms with Gasteiger partial charge in [-0.15, -0.1) is 0 Å². The summed E-state index contributed by atoms with van der Waals surface area (Å²) in [6, 6.07) is 6.72. The lowest BCUT2D eigenvalue weighted by atomic mass is 9.94. The molecular weight excluding hydrogens is 255 g/mol. The molecule has 1 N–H and O–H groups in total. The number of hydrogen-bond acceptors (Lipinski definition) is 2. The summed E-state index contributed by atoms with van der Waals surface area (Å²) in [4.78, 5) is 14.7. The van der Waals surface area contributed by atoms with Crippen LogP contribution in [0, 0.1) is 11.7 Å². The minimum Gasteiger partial charge on any atom is -0.342 e. The number of benzene rings is 1. The predicted octanol–water partition coefficient (Wildman–Crippen LogP) is 1.93. The molecule has 1 saturated carbocycles. The van der Waals surface area contributed by atoms with E-state index in [0.29, 0.717) is 11.5 Å². The second kappa shape index (κ2) is 5.17. The van der Waals surface area contributed by atoms with Crippen molar-refractivity contribution in [3.05, 3.63) is 35.6 Å².